The van der Waals surface area contributed by atoms with Crippen molar-refractivity contribution in [3.8, 4) is 11.8 Å². The molecule has 1 heterocycles. The predicted molar refractivity (Wildman–Crippen MR) is 74.9 cm³/mol. The van der Waals surface area contributed by atoms with Crippen LogP contribution in [-0.2, 0) is 9.84 Å². The van der Waals surface area contributed by atoms with Crippen LogP contribution < -0.4 is 5.32 Å². The van der Waals surface area contributed by atoms with Gasteiger partial charge in [0.2, 0.25) is 14.2 Å². The SMILES string of the molecule is CC#CCCCNC(=O)c1cnc(S(=O)(=O)CC)s1. The minimum atomic E-state index is -3.33. The van der Waals surface area contributed by atoms with E-state index in [4.69, 9.17) is 0 Å². The molecule has 0 atom stereocenters. The maximum Gasteiger partial charge on any atom is 0.263 e. The number of carbonyl (C=O) groups is 1. The number of nitrogens with one attached hydrogen (secondary N) is 1. The Morgan fingerprint density at radius 1 is 1.53 bits per heavy atom. The Bertz CT molecular complexity index is 594. The summed E-state index contributed by atoms with van der Waals surface area (Å²) in [4.78, 5) is 15.8. The number of unbranched alkanes of at least 4 members (excludes halogenated alkanes) is 1. The second-order valence-electron chi connectivity index (χ2n) is 3.68. The predicted octanol–water partition coefficient (Wildman–Crippen LogP) is 1.47. The molecule has 0 fully saturated rings. The van der Waals surface area contributed by atoms with E-state index in [1.807, 2.05) is 0 Å². The van der Waals surface area contributed by atoms with E-state index in [-0.39, 0.29) is 16.0 Å². The third-order valence-electron chi connectivity index (χ3n) is 2.30. The molecule has 7 heteroatoms. The van der Waals surface area contributed by atoms with Gasteiger partial charge in [0.1, 0.15) is 4.88 Å². The van der Waals surface area contributed by atoms with Gasteiger partial charge in [0.25, 0.3) is 5.91 Å². The number of carbonyl (C=O) groups excluding carboxylic acids is 1. The van der Waals surface area contributed by atoms with E-state index in [2.05, 4.69) is 22.1 Å². The molecule has 0 aliphatic rings. The number of hydrogen-bond acceptors (Lipinski definition) is 5. The van der Waals surface area contributed by atoms with Crippen LogP contribution in [0.1, 0.15) is 36.4 Å². The van der Waals surface area contributed by atoms with Gasteiger partial charge in [-0.1, -0.05) is 18.3 Å². The van der Waals surface area contributed by atoms with Crippen LogP contribution in [0, 0.1) is 11.8 Å². The molecule has 104 valence electrons. The molecule has 0 spiro atoms. The summed E-state index contributed by atoms with van der Waals surface area (Å²) in [6.45, 7) is 3.83. The first-order chi connectivity index (χ1) is 9.01. The lowest BCUT2D eigenvalue weighted by Gasteiger charge is -2.00. The summed E-state index contributed by atoms with van der Waals surface area (Å²) in [6.07, 6.45) is 2.80. The summed E-state index contributed by atoms with van der Waals surface area (Å²) < 4.78 is 23.1. The van der Waals surface area contributed by atoms with Crippen molar-refractivity contribution in [1.29, 1.82) is 0 Å². The molecule has 0 bridgehead atoms. The van der Waals surface area contributed by atoms with E-state index in [0.29, 0.717) is 11.4 Å². The Hall–Kier alpha value is -1.39. The van der Waals surface area contributed by atoms with Crippen molar-refractivity contribution in [3.05, 3.63) is 11.1 Å². The summed E-state index contributed by atoms with van der Waals surface area (Å²) in [7, 11) is -3.33. The fourth-order valence-corrected chi connectivity index (χ4v) is 3.38. The van der Waals surface area contributed by atoms with Crippen LogP contribution in [0.3, 0.4) is 0 Å². The quantitative estimate of drug-likeness (QED) is 0.637. The Labute approximate surface area is 117 Å². The van der Waals surface area contributed by atoms with Crippen LogP contribution in [0.4, 0.5) is 0 Å². The molecule has 0 aromatic carbocycles. The number of hydrogen-bond donors (Lipinski definition) is 1. The maximum atomic E-state index is 11.7. The van der Waals surface area contributed by atoms with Crippen LogP contribution in [0.2, 0.25) is 0 Å². The van der Waals surface area contributed by atoms with Crippen LogP contribution in [0.15, 0.2) is 10.5 Å². The molecule has 5 nitrogen and oxygen atoms in total. The van der Waals surface area contributed by atoms with Crippen molar-refractivity contribution in [3.63, 3.8) is 0 Å². The van der Waals surface area contributed by atoms with E-state index in [1.54, 1.807) is 13.8 Å². The third-order valence-corrected chi connectivity index (χ3v) is 5.50. The second kappa shape index (κ2) is 7.26. The fraction of sp³-hybridized carbons (Fsp3) is 0.500. The van der Waals surface area contributed by atoms with E-state index in [9.17, 15) is 13.2 Å². The fourth-order valence-electron chi connectivity index (χ4n) is 1.22. The summed E-state index contributed by atoms with van der Waals surface area (Å²) in [5, 5.41) is 2.71. The number of thiazole rings is 1. The molecule has 1 aromatic rings. The highest BCUT2D eigenvalue weighted by molar-refractivity contribution is 7.93. The average Bonchev–Trinajstić information content (AvgIpc) is 2.88. The molecule has 0 saturated carbocycles. The highest BCUT2D eigenvalue weighted by atomic mass is 32.2. The number of rotatable bonds is 6. The number of sulfone groups is 1. The highest BCUT2D eigenvalue weighted by Crippen LogP contribution is 2.19. The zero-order valence-corrected chi connectivity index (χ0v) is 12.5. The minimum Gasteiger partial charge on any atom is -0.351 e. The largest absolute Gasteiger partial charge is 0.351 e. The highest BCUT2D eigenvalue weighted by Gasteiger charge is 2.18. The monoisotopic (exact) mass is 300 g/mol. The van der Waals surface area contributed by atoms with Crippen molar-refractivity contribution in [2.45, 2.75) is 31.0 Å². The Morgan fingerprint density at radius 2 is 2.26 bits per heavy atom. The number of aromatic nitrogens is 1. The van der Waals surface area contributed by atoms with E-state index >= 15 is 0 Å². The van der Waals surface area contributed by atoms with Gasteiger partial charge in [0.05, 0.1) is 11.9 Å². The molecule has 1 N–H and O–H groups in total. The van der Waals surface area contributed by atoms with Gasteiger partial charge in [-0.15, -0.1) is 11.8 Å². The van der Waals surface area contributed by atoms with Gasteiger partial charge in [-0.05, 0) is 13.3 Å². The topological polar surface area (TPSA) is 76.1 Å². The second-order valence-corrected chi connectivity index (χ2v) is 7.16. The molecule has 1 aromatic heterocycles. The van der Waals surface area contributed by atoms with Crippen molar-refractivity contribution < 1.29 is 13.2 Å². The molecule has 19 heavy (non-hydrogen) atoms. The molecule has 1 amide bonds. The Morgan fingerprint density at radius 3 is 2.89 bits per heavy atom. The van der Waals surface area contributed by atoms with Gasteiger partial charge in [0, 0.05) is 13.0 Å². The molecule has 0 unspecified atom stereocenters. The zero-order valence-electron chi connectivity index (χ0n) is 10.9. The lowest BCUT2D eigenvalue weighted by atomic mass is 10.3. The minimum absolute atomic E-state index is 0.00278. The Balaban J connectivity index is 2.56. The van der Waals surface area contributed by atoms with Crippen molar-refractivity contribution in [1.82, 2.24) is 10.3 Å². The molecular formula is C12H16N2O3S2. The summed E-state index contributed by atoms with van der Waals surface area (Å²) >= 11 is 0.902. The summed E-state index contributed by atoms with van der Waals surface area (Å²) in [6, 6.07) is 0. The van der Waals surface area contributed by atoms with Gasteiger partial charge in [-0.2, -0.15) is 0 Å². The van der Waals surface area contributed by atoms with Gasteiger partial charge in [0.15, 0.2) is 0 Å². The molecule has 0 saturated heterocycles. The van der Waals surface area contributed by atoms with Crippen LogP contribution in [0.5, 0.6) is 0 Å². The first-order valence-electron chi connectivity index (χ1n) is 5.87. The van der Waals surface area contributed by atoms with Crippen molar-refractivity contribution in [2.24, 2.45) is 0 Å². The van der Waals surface area contributed by atoms with Crippen LogP contribution >= 0.6 is 11.3 Å². The normalized spacial score (nSPS) is 10.6. The first-order valence-corrected chi connectivity index (χ1v) is 8.34. The zero-order chi connectivity index (χ0) is 14.3. The van der Waals surface area contributed by atoms with Gasteiger partial charge in [-0.3, -0.25) is 4.79 Å². The van der Waals surface area contributed by atoms with E-state index < -0.39 is 9.84 Å². The maximum absolute atomic E-state index is 11.7. The number of amides is 1. The van der Waals surface area contributed by atoms with Crippen molar-refractivity contribution in [2.75, 3.05) is 12.3 Å². The third kappa shape index (κ3) is 4.65. The molecule has 0 aliphatic carbocycles. The molecule has 1 rings (SSSR count). The molecule has 0 radical (unpaired) electrons. The van der Waals surface area contributed by atoms with Crippen molar-refractivity contribution >= 4 is 27.1 Å². The summed E-state index contributed by atoms with van der Waals surface area (Å²) in [5.41, 5.74) is 0. The standard InChI is InChI=1S/C12H16N2O3S2/c1-3-5-6-7-8-13-11(15)10-9-14-12(18-10)19(16,17)4-2/h9H,4,6-8H2,1-2H3,(H,13,15). The molecule has 0 aliphatic heterocycles. The lowest BCUT2D eigenvalue weighted by Crippen LogP contribution is -2.23. The first kappa shape index (κ1) is 15.7. The van der Waals surface area contributed by atoms with Crippen LogP contribution in [0.25, 0.3) is 0 Å². The molecular weight excluding hydrogens is 284 g/mol. The van der Waals surface area contributed by atoms with Crippen LogP contribution in [-0.4, -0.2) is 31.6 Å². The van der Waals surface area contributed by atoms with Gasteiger partial charge < -0.3 is 5.32 Å². The lowest BCUT2D eigenvalue weighted by molar-refractivity contribution is 0.0957. The smallest absolute Gasteiger partial charge is 0.263 e. The van der Waals surface area contributed by atoms with E-state index in [1.165, 1.54) is 6.20 Å². The summed E-state index contributed by atoms with van der Waals surface area (Å²) in [5.74, 6) is 5.37. The van der Waals surface area contributed by atoms with Gasteiger partial charge >= 0.3 is 0 Å². The average molecular weight is 300 g/mol. The van der Waals surface area contributed by atoms with Gasteiger partial charge in [-0.25, -0.2) is 13.4 Å². The van der Waals surface area contributed by atoms with E-state index in [0.717, 1.165) is 24.2 Å². The number of nitrogens with zero attached hydrogens (tertiary/aromatic N) is 1. The Kier molecular flexibility index (Phi) is 5.99.